The smallest absolute Gasteiger partial charge is 0.225 e. The van der Waals surface area contributed by atoms with Gasteiger partial charge in [-0.15, -0.1) is 0 Å². The number of fused-ring (bicyclic) bond motifs is 1. The van der Waals surface area contributed by atoms with Crippen molar-refractivity contribution in [3.63, 3.8) is 0 Å². The molecule has 0 spiro atoms. The fraction of sp³-hybridized carbons (Fsp3) is 0.375. The van der Waals surface area contributed by atoms with Crippen LogP contribution in [0.15, 0.2) is 4.99 Å². The number of hydrogen-bond acceptors (Lipinski definition) is 4. The first-order valence-electron chi connectivity index (χ1n) is 4.07. The highest BCUT2D eigenvalue weighted by Gasteiger charge is 2.21. The summed E-state index contributed by atoms with van der Waals surface area (Å²) in [6.45, 7) is 3.91. The van der Waals surface area contributed by atoms with E-state index < -0.39 is 6.35 Å². The van der Waals surface area contributed by atoms with Crippen molar-refractivity contribution >= 4 is 11.5 Å². The van der Waals surface area contributed by atoms with Crippen molar-refractivity contribution in [2.75, 3.05) is 5.32 Å². The van der Waals surface area contributed by atoms with Crippen molar-refractivity contribution in [3.8, 4) is 0 Å². The van der Waals surface area contributed by atoms with Gasteiger partial charge in [-0.1, -0.05) is 0 Å². The van der Waals surface area contributed by atoms with Crippen molar-refractivity contribution in [2.45, 2.75) is 20.2 Å². The first kappa shape index (κ1) is 8.12. The lowest BCUT2D eigenvalue weighted by molar-refractivity contribution is 0.213. The summed E-state index contributed by atoms with van der Waals surface area (Å²) < 4.78 is 0. The molecule has 1 atom stereocenters. The van der Waals surface area contributed by atoms with Crippen LogP contribution in [0.25, 0.3) is 0 Å². The molecule has 1 aliphatic rings. The summed E-state index contributed by atoms with van der Waals surface area (Å²) in [5.74, 6) is 0.345. The van der Waals surface area contributed by atoms with E-state index in [0.29, 0.717) is 5.84 Å². The second-order valence-corrected chi connectivity index (χ2v) is 3.16. The molecule has 5 heteroatoms. The Balaban J connectivity index is 2.59. The highest BCUT2D eigenvalue weighted by Crippen LogP contribution is 2.26. The molecule has 1 aromatic heterocycles. The van der Waals surface area contributed by atoms with Crippen molar-refractivity contribution < 1.29 is 5.11 Å². The first-order valence-corrected chi connectivity index (χ1v) is 4.07. The number of aliphatic hydroxyl groups excluding tert-OH is 1. The zero-order valence-corrected chi connectivity index (χ0v) is 7.55. The Hall–Kier alpha value is -1.49. The molecule has 0 bridgehead atoms. The topological polar surface area (TPSA) is 86.4 Å². The normalized spacial score (nSPS) is 20.5. The molecule has 1 aliphatic heterocycles. The van der Waals surface area contributed by atoms with Crippen LogP contribution in [0.4, 0.5) is 5.69 Å². The maximum atomic E-state index is 9.27. The molecule has 2 heterocycles. The Morgan fingerprint density at radius 1 is 1.46 bits per heavy atom. The number of anilines is 1. The molecule has 70 valence electrons. The number of hydrogen-bond donors (Lipinski definition) is 4. The van der Waals surface area contributed by atoms with E-state index >= 15 is 0 Å². The Kier molecular flexibility index (Phi) is 1.56. The molecule has 0 aromatic carbocycles. The van der Waals surface area contributed by atoms with Crippen LogP contribution in [0.1, 0.15) is 17.0 Å². The molecular formula is C8H12N4O. The minimum absolute atomic E-state index is 0.345. The van der Waals surface area contributed by atoms with E-state index in [1.165, 1.54) is 0 Å². The minimum atomic E-state index is -0.929. The van der Waals surface area contributed by atoms with Crippen LogP contribution in [0.2, 0.25) is 0 Å². The van der Waals surface area contributed by atoms with Crippen molar-refractivity contribution in [1.29, 1.82) is 0 Å². The number of aromatic nitrogens is 1. The van der Waals surface area contributed by atoms with Crippen molar-refractivity contribution in [3.05, 3.63) is 17.0 Å². The molecule has 1 aromatic rings. The summed E-state index contributed by atoms with van der Waals surface area (Å²) in [5.41, 5.74) is 9.34. The lowest BCUT2D eigenvalue weighted by Gasteiger charge is -2.17. The average Bonchev–Trinajstić information content (AvgIpc) is 2.32. The highest BCUT2D eigenvalue weighted by molar-refractivity contribution is 6.03. The molecule has 0 saturated carbocycles. The molecule has 0 fully saturated rings. The Morgan fingerprint density at radius 3 is 2.85 bits per heavy atom. The van der Waals surface area contributed by atoms with E-state index in [1.54, 1.807) is 0 Å². The van der Waals surface area contributed by atoms with E-state index in [2.05, 4.69) is 15.3 Å². The number of H-pyrrole nitrogens is 1. The lowest BCUT2D eigenvalue weighted by Crippen LogP contribution is -2.29. The summed E-state index contributed by atoms with van der Waals surface area (Å²) in [6, 6.07) is 0. The van der Waals surface area contributed by atoms with Gasteiger partial charge >= 0.3 is 0 Å². The zero-order valence-electron chi connectivity index (χ0n) is 7.55. The number of aryl methyl sites for hydroxylation is 1. The maximum absolute atomic E-state index is 9.27. The van der Waals surface area contributed by atoms with Crippen LogP contribution in [0, 0.1) is 13.8 Å². The third kappa shape index (κ3) is 1.08. The molecule has 0 saturated heterocycles. The SMILES string of the molecule is Cc1[nH]c2c(c1C)NC(O)N=C2N. The number of rotatable bonds is 0. The first-order chi connectivity index (χ1) is 6.09. The zero-order chi connectivity index (χ0) is 9.59. The van der Waals surface area contributed by atoms with Gasteiger partial charge in [0.15, 0.2) is 0 Å². The van der Waals surface area contributed by atoms with Gasteiger partial charge in [-0.2, -0.15) is 0 Å². The number of nitrogens with zero attached hydrogens (tertiary/aromatic N) is 1. The predicted molar refractivity (Wildman–Crippen MR) is 50.6 cm³/mol. The van der Waals surface area contributed by atoms with Gasteiger partial charge in [-0.3, -0.25) is 0 Å². The van der Waals surface area contributed by atoms with E-state index in [0.717, 1.165) is 22.6 Å². The lowest BCUT2D eigenvalue weighted by atomic mass is 10.2. The Labute approximate surface area is 75.7 Å². The Bertz CT molecular complexity index is 380. The molecule has 2 rings (SSSR count). The monoisotopic (exact) mass is 180 g/mol. The third-order valence-corrected chi connectivity index (χ3v) is 2.29. The number of aliphatic imine (C=N–C) groups is 1. The van der Waals surface area contributed by atoms with Crippen molar-refractivity contribution in [1.82, 2.24) is 4.98 Å². The van der Waals surface area contributed by atoms with Gasteiger partial charge < -0.3 is 21.1 Å². The largest absolute Gasteiger partial charge is 0.382 e. The van der Waals surface area contributed by atoms with Crippen LogP contribution in [-0.2, 0) is 0 Å². The van der Waals surface area contributed by atoms with Crippen molar-refractivity contribution in [2.24, 2.45) is 10.7 Å². The highest BCUT2D eigenvalue weighted by atomic mass is 16.3. The van der Waals surface area contributed by atoms with E-state index in [-0.39, 0.29) is 0 Å². The number of amidine groups is 1. The van der Waals surface area contributed by atoms with Gasteiger partial charge in [0, 0.05) is 5.69 Å². The molecule has 1 unspecified atom stereocenters. The average molecular weight is 180 g/mol. The summed E-state index contributed by atoms with van der Waals surface area (Å²) >= 11 is 0. The molecule has 5 N–H and O–H groups in total. The van der Waals surface area contributed by atoms with Crippen LogP contribution in [0.5, 0.6) is 0 Å². The van der Waals surface area contributed by atoms with Gasteiger partial charge in [0.25, 0.3) is 0 Å². The summed E-state index contributed by atoms with van der Waals surface area (Å²) in [7, 11) is 0. The summed E-state index contributed by atoms with van der Waals surface area (Å²) in [4.78, 5) is 6.89. The summed E-state index contributed by atoms with van der Waals surface area (Å²) in [5, 5.41) is 12.1. The predicted octanol–water partition coefficient (Wildman–Crippen LogP) is 0.0382. The molecule has 5 nitrogen and oxygen atoms in total. The fourth-order valence-corrected chi connectivity index (χ4v) is 1.45. The van der Waals surface area contributed by atoms with Gasteiger partial charge in [-0.25, -0.2) is 4.99 Å². The third-order valence-electron chi connectivity index (χ3n) is 2.29. The molecule has 13 heavy (non-hydrogen) atoms. The molecule has 0 radical (unpaired) electrons. The number of nitrogens with one attached hydrogen (secondary N) is 2. The molecule has 0 amide bonds. The van der Waals surface area contributed by atoms with Crippen LogP contribution in [0.3, 0.4) is 0 Å². The van der Waals surface area contributed by atoms with Crippen LogP contribution < -0.4 is 11.1 Å². The molecule has 0 aliphatic carbocycles. The standard InChI is InChI=1S/C8H12N4O/c1-3-4(2)10-6-5(3)11-8(13)12-7(6)9/h8,10-11,13H,1-2H3,(H2,9,12). The number of aromatic amines is 1. The van der Waals surface area contributed by atoms with E-state index in [9.17, 15) is 5.11 Å². The fourth-order valence-electron chi connectivity index (χ4n) is 1.45. The number of aliphatic hydroxyl groups is 1. The van der Waals surface area contributed by atoms with Gasteiger partial charge in [-0.05, 0) is 19.4 Å². The second kappa shape index (κ2) is 2.50. The van der Waals surface area contributed by atoms with E-state index in [4.69, 9.17) is 5.73 Å². The minimum Gasteiger partial charge on any atom is -0.382 e. The van der Waals surface area contributed by atoms with Gasteiger partial charge in [0.05, 0.1) is 5.69 Å². The molecular weight excluding hydrogens is 168 g/mol. The summed E-state index contributed by atoms with van der Waals surface area (Å²) in [6.07, 6.45) is -0.929. The second-order valence-electron chi connectivity index (χ2n) is 3.16. The maximum Gasteiger partial charge on any atom is 0.225 e. The quantitative estimate of drug-likeness (QED) is 0.454. The number of nitrogens with two attached hydrogens (primary N) is 1. The Morgan fingerprint density at radius 2 is 2.15 bits per heavy atom. The van der Waals surface area contributed by atoms with E-state index in [1.807, 2.05) is 13.8 Å². The van der Waals surface area contributed by atoms with Gasteiger partial charge in [0.1, 0.15) is 11.5 Å². The van der Waals surface area contributed by atoms with Crippen LogP contribution >= 0.6 is 0 Å². The van der Waals surface area contributed by atoms with Crippen LogP contribution in [-0.4, -0.2) is 22.3 Å². The van der Waals surface area contributed by atoms with Gasteiger partial charge in [0.2, 0.25) is 6.35 Å².